The minimum absolute atomic E-state index is 0.225. The zero-order chi connectivity index (χ0) is 6.69. The van der Waals surface area contributed by atoms with Crippen molar-refractivity contribution in [1.29, 1.82) is 0 Å². The molecule has 1 saturated heterocycles. The molecule has 0 radical (unpaired) electrons. The predicted molar refractivity (Wildman–Crippen MR) is 31.3 cm³/mol. The Kier molecular flexibility index (Phi) is 2.59. The molecular formula is C4H8O4S. The Labute approximate surface area is 55.4 Å². The molecule has 9 heavy (non-hydrogen) atoms. The van der Waals surface area contributed by atoms with Crippen LogP contribution in [0.25, 0.3) is 0 Å². The van der Waals surface area contributed by atoms with Crippen molar-refractivity contribution in [1.82, 2.24) is 0 Å². The van der Waals surface area contributed by atoms with E-state index >= 15 is 0 Å². The van der Waals surface area contributed by atoms with Gasteiger partial charge < -0.3 is 14.0 Å². The number of hydrogen-bond acceptors (Lipinski definition) is 3. The van der Waals surface area contributed by atoms with Gasteiger partial charge in [-0.3, -0.25) is 0 Å². The summed E-state index contributed by atoms with van der Waals surface area (Å²) in [6.45, 7) is 1.16. The fourth-order valence-electron chi connectivity index (χ4n) is 0.583. The van der Waals surface area contributed by atoms with Gasteiger partial charge in [0.15, 0.2) is 16.5 Å². The highest BCUT2D eigenvalue weighted by Gasteiger charge is 2.18. The van der Waals surface area contributed by atoms with Gasteiger partial charge in [-0.25, -0.2) is 4.21 Å². The first-order valence-corrected chi connectivity index (χ1v) is 3.76. The lowest BCUT2D eigenvalue weighted by Gasteiger charge is -2.19. The van der Waals surface area contributed by atoms with Crippen LogP contribution in [0.5, 0.6) is 0 Å². The van der Waals surface area contributed by atoms with Crippen molar-refractivity contribution < 1.29 is 18.2 Å². The molecule has 1 fully saturated rings. The number of rotatable bonds is 1. The minimum atomic E-state index is -1.90. The molecule has 0 bridgehead atoms. The molecule has 1 rings (SSSR count). The Balaban J connectivity index is 2.31. The second kappa shape index (κ2) is 3.26. The third-order valence-corrected chi connectivity index (χ3v) is 1.73. The summed E-state index contributed by atoms with van der Waals surface area (Å²) in [4.78, 5) is 0. The maximum absolute atomic E-state index is 10.3. The molecule has 54 valence electrons. The minimum Gasteiger partial charge on any atom is -0.375 e. The SMILES string of the molecule is O=S(O)C1COCCO1. The summed E-state index contributed by atoms with van der Waals surface area (Å²) in [5.41, 5.74) is -0.640. The Morgan fingerprint density at radius 1 is 1.56 bits per heavy atom. The van der Waals surface area contributed by atoms with Gasteiger partial charge in [-0.2, -0.15) is 0 Å². The van der Waals surface area contributed by atoms with Gasteiger partial charge in [0.2, 0.25) is 0 Å². The Morgan fingerprint density at radius 2 is 2.33 bits per heavy atom. The smallest absolute Gasteiger partial charge is 0.185 e. The second-order valence-electron chi connectivity index (χ2n) is 1.65. The van der Waals surface area contributed by atoms with E-state index < -0.39 is 16.5 Å². The predicted octanol–water partition coefficient (Wildman–Crippen LogP) is -0.419. The van der Waals surface area contributed by atoms with Crippen molar-refractivity contribution in [2.75, 3.05) is 19.8 Å². The molecule has 2 atom stereocenters. The van der Waals surface area contributed by atoms with Gasteiger partial charge in [-0.05, 0) is 0 Å². The summed E-state index contributed by atoms with van der Waals surface area (Å²) in [6.07, 6.45) is 0. The Hall–Kier alpha value is 0.0300. The van der Waals surface area contributed by atoms with E-state index in [4.69, 9.17) is 14.0 Å². The third kappa shape index (κ3) is 2.02. The fourth-order valence-corrected chi connectivity index (χ4v) is 1.01. The summed E-state index contributed by atoms with van der Waals surface area (Å²) in [7, 11) is 0. The molecule has 0 aromatic rings. The quantitative estimate of drug-likeness (QED) is 0.518. The molecule has 1 aliphatic heterocycles. The molecule has 1 N–H and O–H groups in total. The molecule has 0 spiro atoms. The van der Waals surface area contributed by atoms with E-state index in [1.165, 1.54) is 0 Å². The lowest BCUT2D eigenvalue weighted by atomic mass is 10.6. The van der Waals surface area contributed by atoms with Crippen molar-refractivity contribution in [3.63, 3.8) is 0 Å². The summed E-state index contributed by atoms with van der Waals surface area (Å²) in [6, 6.07) is 0. The largest absolute Gasteiger partial charge is 0.375 e. The van der Waals surface area contributed by atoms with E-state index in [1.807, 2.05) is 0 Å². The summed E-state index contributed by atoms with van der Waals surface area (Å²) in [5.74, 6) is 0. The number of hydrogen-bond donors (Lipinski definition) is 1. The van der Waals surface area contributed by atoms with Crippen molar-refractivity contribution in [2.45, 2.75) is 5.44 Å². The maximum Gasteiger partial charge on any atom is 0.185 e. The molecule has 5 heteroatoms. The maximum atomic E-state index is 10.3. The standard InChI is InChI=1S/C4H8O4S/c5-9(6)4-3-7-1-2-8-4/h4H,1-3H2,(H,5,6). The molecule has 0 aromatic carbocycles. The van der Waals surface area contributed by atoms with Crippen LogP contribution in [-0.2, 0) is 20.6 Å². The molecular weight excluding hydrogens is 144 g/mol. The van der Waals surface area contributed by atoms with Crippen molar-refractivity contribution in [2.24, 2.45) is 0 Å². The van der Waals surface area contributed by atoms with Crippen LogP contribution in [0.15, 0.2) is 0 Å². The fraction of sp³-hybridized carbons (Fsp3) is 1.00. The molecule has 0 amide bonds. The monoisotopic (exact) mass is 152 g/mol. The van der Waals surface area contributed by atoms with Crippen LogP contribution in [0.1, 0.15) is 0 Å². The van der Waals surface area contributed by atoms with Gasteiger partial charge in [0.25, 0.3) is 0 Å². The van der Waals surface area contributed by atoms with E-state index in [-0.39, 0.29) is 6.61 Å². The van der Waals surface area contributed by atoms with Gasteiger partial charge >= 0.3 is 0 Å². The average molecular weight is 152 g/mol. The molecule has 4 nitrogen and oxygen atoms in total. The first-order valence-electron chi connectivity index (χ1n) is 2.59. The lowest BCUT2D eigenvalue weighted by Crippen LogP contribution is -2.31. The van der Waals surface area contributed by atoms with Gasteiger partial charge in [0.05, 0.1) is 19.8 Å². The molecule has 1 heterocycles. The summed E-state index contributed by atoms with van der Waals surface area (Å²) < 4.78 is 28.4. The van der Waals surface area contributed by atoms with Crippen LogP contribution < -0.4 is 0 Å². The van der Waals surface area contributed by atoms with Crippen LogP contribution in [-0.4, -0.2) is 34.0 Å². The molecule has 2 unspecified atom stereocenters. The Morgan fingerprint density at radius 3 is 2.67 bits per heavy atom. The van der Waals surface area contributed by atoms with E-state index in [0.29, 0.717) is 13.2 Å². The third-order valence-electron chi connectivity index (χ3n) is 1.01. The highest BCUT2D eigenvalue weighted by Crippen LogP contribution is 2.02. The van der Waals surface area contributed by atoms with Crippen molar-refractivity contribution >= 4 is 11.1 Å². The first-order chi connectivity index (χ1) is 4.30. The van der Waals surface area contributed by atoms with Gasteiger partial charge in [-0.1, -0.05) is 0 Å². The van der Waals surface area contributed by atoms with Crippen LogP contribution >= 0.6 is 0 Å². The first kappa shape index (κ1) is 7.14. The zero-order valence-corrected chi connectivity index (χ0v) is 5.60. The van der Waals surface area contributed by atoms with E-state index in [1.54, 1.807) is 0 Å². The summed E-state index contributed by atoms with van der Waals surface area (Å²) in [5, 5.41) is 0. The van der Waals surface area contributed by atoms with Crippen molar-refractivity contribution in [3.8, 4) is 0 Å². The molecule has 0 saturated carbocycles. The Bertz CT molecular complexity index is 109. The molecule has 1 aliphatic rings. The van der Waals surface area contributed by atoms with E-state index in [9.17, 15) is 4.21 Å². The van der Waals surface area contributed by atoms with Gasteiger partial charge in [-0.15, -0.1) is 0 Å². The van der Waals surface area contributed by atoms with Gasteiger partial charge in [0, 0.05) is 0 Å². The lowest BCUT2D eigenvalue weighted by molar-refractivity contribution is -0.0539. The molecule has 0 aliphatic carbocycles. The normalized spacial score (nSPS) is 31.9. The second-order valence-corrected chi connectivity index (χ2v) is 2.73. The van der Waals surface area contributed by atoms with E-state index in [0.717, 1.165) is 0 Å². The van der Waals surface area contributed by atoms with Crippen LogP contribution in [0, 0.1) is 0 Å². The van der Waals surface area contributed by atoms with Crippen LogP contribution in [0.2, 0.25) is 0 Å². The van der Waals surface area contributed by atoms with Gasteiger partial charge in [0.1, 0.15) is 0 Å². The summed E-state index contributed by atoms with van der Waals surface area (Å²) >= 11 is -1.90. The average Bonchev–Trinajstić information content (AvgIpc) is 1.90. The highest BCUT2D eigenvalue weighted by atomic mass is 32.2. The highest BCUT2D eigenvalue weighted by molar-refractivity contribution is 7.79. The zero-order valence-electron chi connectivity index (χ0n) is 4.78. The topological polar surface area (TPSA) is 55.8 Å². The number of ether oxygens (including phenoxy) is 2. The van der Waals surface area contributed by atoms with Crippen molar-refractivity contribution in [3.05, 3.63) is 0 Å². The van der Waals surface area contributed by atoms with Crippen LogP contribution in [0.4, 0.5) is 0 Å². The molecule has 0 aromatic heterocycles. The van der Waals surface area contributed by atoms with Crippen LogP contribution in [0.3, 0.4) is 0 Å². The van der Waals surface area contributed by atoms with E-state index in [2.05, 4.69) is 0 Å².